The van der Waals surface area contributed by atoms with Crippen LogP contribution in [0, 0.1) is 5.92 Å². The van der Waals surface area contributed by atoms with Gasteiger partial charge in [0, 0.05) is 6.42 Å². The van der Waals surface area contributed by atoms with E-state index in [1.807, 2.05) is 0 Å². The number of allylic oxidation sites excluding steroid dienone is 2. The van der Waals surface area contributed by atoms with Gasteiger partial charge in [0.1, 0.15) is 0 Å². The minimum absolute atomic E-state index is 0.107. The van der Waals surface area contributed by atoms with Gasteiger partial charge >= 0.3 is 0 Å². The molecule has 1 N–H and O–H groups in total. The highest BCUT2D eigenvalue weighted by Gasteiger charge is 2.17. The van der Waals surface area contributed by atoms with Crippen LogP contribution in [0.1, 0.15) is 61.8 Å². The summed E-state index contributed by atoms with van der Waals surface area (Å²) >= 11 is 0. The van der Waals surface area contributed by atoms with Crippen molar-refractivity contribution in [1.29, 1.82) is 0 Å². The fourth-order valence-electron chi connectivity index (χ4n) is 3.51. The molecule has 112 valence electrons. The fourth-order valence-corrected chi connectivity index (χ4v) is 3.51. The molecule has 2 nitrogen and oxygen atoms in total. The lowest BCUT2D eigenvalue weighted by Gasteiger charge is -2.20. The third kappa shape index (κ3) is 3.55. The van der Waals surface area contributed by atoms with Crippen molar-refractivity contribution in [1.82, 2.24) is 5.32 Å². The Balaban J connectivity index is 1.60. The van der Waals surface area contributed by atoms with E-state index in [1.165, 1.54) is 42.4 Å². The van der Waals surface area contributed by atoms with Crippen LogP contribution in [-0.4, -0.2) is 5.91 Å². The number of benzene rings is 1. The van der Waals surface area contributed by atoms with E-state index in [0.29, 0.717) is 12.3 Å². The lowest BCUT2D eigenvalue weighted by molar-refractivity contribution is -0.122. The molecule has 21 heavy (non-hydrogen) atoms. The zero-order valence-electron chi connectivity index (χ0n) is 12.9. The largest absolute Gasteiger partial charge is 0.350 e. The molecule has 0 fully saturated rings. The average molecular weight is 283 g/mol. The van der Waals surface area contributed by atoms with Gasteiger partial charge in [-0.15, -0.1) is 0 Å². The van der Waals surface area contributed by atoms with Crippen molar-refractivity contribution in [2.45, 2.75) is 57.9 Å². The molecule has 0 saturated carbocycles. The number of carbonyl (C=O) groups is 1. The Morgan fingerprint density at radius 1 is 1.29 bits per heavy atom. The van der Waals surface area contributed by atoms with E-state index in [4.69, 9.17) is 0 Å². The molecule has 2 aliphatic rings. The van der Waals surface area contributed by atoms with E-state index in [-0.39, 0.29) is 11.9 Å². The van der Waals surface area contributed by atoms with Crippen LogP contribution in [-0.2, 0) is 17.6 Å². The van der Waals surface area contributed by atoms with Crippen LogP contribution >= 0.6 is 0 Å². The van der Waals surface area contributed by atoms with Crippen LogP contribution in [0.3, 0.4) is 0 Å². The molecule has 0 bridgehead atoms. The maximum Gasteiger partial charge on any atom is 0.221 e. The Hall–Kier alpha value is -1.57. The standard InChI is InChI=1S/C19H25NO/c1-14(20-19(21)12-15-6-2-3-7-15)17-11-10-16-8-4-5-9-18(16)13-17/h2,6,10-11,13-15H,3-5,7-9,12H2,1H3,(H,20,21). The first-order chi connectivity index (χ1) is 10.2. The van der Waals surface area contributed by atoms with Gasteiger partial charge in [0.15, 0.2) is 0 Å². The second-order valence-corrected chi connectivity index (χ2v) is 6.49. The van der Waals surface area contributed by atoms with Crippen molar-refractivity contribution in [3.8, 4) is 0 Å². The molecule has 2 aliphatic carbocycles. The summed E-state index contributed by atoms with van der Waals surface area (Å²) < 4.78 is 0. The van der Waals surface area contributed by atoms with Gasteiger partial charge in [-0.3, -0.25) is 4.79 Å². The summed E-state index contributed by atoms with van der Waals surface area (Å²) in [4.78, 5) is 12.1. The van der Waals surface area contributed by atoms with E-state index in [1.54, 1.807) is 0 Å². The Morgan fingerprint density at radius 2 is 2.10 bits per heavy atom. The Kier molecular flexibility index (Phi) is 4.42. The van der Waals surface area contributed by atoms with Crippen molar-refractivity contribution in [3.63, 3.8) is 0 Å². The number of fused-ring (bicyclic) bond motifs is 1. The first-order valence-electron chi connectivity index (χ1n) is 8.30. The molecule has 1 amide bonds. The van der Waals surface area contributed by atoms with Crippen molar-refractivity contribution < 1.29 is 4.79 Å². The number of carbonyl (C=O) groups excluding carboxylic acids is 1. The molecule has 0 spiro atoms. The predicted molar refractivity (Wildman–Crippen MR) is 86.1 cm³/mol. The maximum atomic E-state index is 12.1. The molecule has 0 heterocycles. The van der Waals surface area contributed by atoms with E-state index in [2.05, 4.69) is 42.6 Å². The molecule has 2 unspecified atom stereocenters. The van der Waals surface area contributed by atoms with Crippen molar-refractivity contribution in [2.24, 2.45) is 5.92 Å². The molecule has 0 saturated heterocycles. The molecule has 2 atom stereocenters. The first-order valence-corrected chi connectivity index (χ1v) is 8.30. The highest BCUT2D eigenvalue weighted by molar-refractivity contribution is 5.77. The quantitative estimate of drug-likeness (QED) is 0.828. The molecule has 3 rings (SSSR count). The Morgan fingerprint density at radius 3 is 2.86 bits per heavy atom. The minimum atomic E-state index is 0.107. The zero-order valence-corrected chi connectivity index (χ0v) is 12.9. The van der Waals surface area contributed by atoms with Gasteiger partial charge in [-0.05, 0) is 68.1 Å². The van der Waals surface area contributed by atoms with Crippen molar-refractivity contribution >= 4 is 5.91 Å². The van der Waals surface area contributed by atoms with Gasteiger partial charge in [0.05, 0.1) is 6.04 Å². The Bertz CT molecular complexity index is 546. The highest BCUT2D eigenvalue weighted by atomic mass is 16.1. The van der Waals surface area contributed by atoms with Gasteiger partial charge < -0.3 is 5.32 Å². The van der Waals surface area contributed by atoms with Gasteiger partial charge in [0.2, 0.25) is 5.91 Å². The number of hydrogen-bond acceptors (Lipinski definition) is 1. The molecule has 1 aromatic rings. The van der Waals surface area contributed by atoms with Crippen LogP contribution in [0.15, 0.2) is 30.4 Å². The molecule has 1 aromatic carbocycles. The van der Waals surface area contributed by atoms with Gasteiger partial charge in [-0.1, -0.05) is 30.4 Å². The summed E-state index contributed by atoms with van der Waals surface area (Å²) in [5, 5.41) is 3.16. The van der Waals surface area contributed by atoms with E-state index in [9.17, 15) is 4.79 Å². The third-order valence-electron chi connectivity index (χ3n) is 4.81. The monoisotopic (exact) mass is 283 g/mol. The lowest BCUT2D eigenvalue weighted by Crippen LogP contribution is -2.28. The summed E-state index contributed by atoms with van der Waals surface area (Å²) in [6, 6.07) is 6.85. The summed E-state index contributed by atoms with van der Waals surface area (Å²) in [6.45, 7) is 2.09. The van der Waals surface area contributed by atoms with Gasteiger partial charge in [0.25, 0.3) is 0 Å². The van der Waals surface area contributed by atoms with Gasteiger partial charge in [-0.2, -0.15) is 0 Å². The molecular weight excluding hydrogens is 258 g/mol. The maximum absolute atomic E-state index is 12.1. The number of nitrogens with one attached hydrogen (secondary N) is 1. The van der Waals surface area contributed by atoms with Crippen LogP contribution in [0.25, 0.3) is 0 Å². The predicted octanol–water partition coefficient (Wildman–Crippen LogP) is 4.10. The highest BCUT2D eigenvalue weighted by Crippen LogP contribution is 2.25. The van der Waals surface area contributed by atoms with Crippen LogP contribution < -0.4 is 5.32 Å². The number of amides is 1. The molecule has 2 heteroatoms. The second kappa shape index (κ2) is 6.46. The first kappa shape index (κ1) is 14.4. The van der Waals surface area contributed by atoms with Crippen molar-refractivity contribution in [2.75, 3.05) is 0 Å². The summed E-state index contributed by atoms with van der Waals surface area (Å²) in [5.41, 5.74) is 4.23. The minimum Gasteiger partial charge on any atom is -0.350 e. The number of rotatable bonds is 4. The third-order valence-corrected chi connectivity index (χ3v) is 4.81. The van der Waals surface area contributed by atoms with E-state index < -0.39 is 0 Å². The van der Waals surface area contributed by atoms with Gasteiger partial charge in [-0.25, -0.2) is 0 Å². The molecule has 0 radical (unpaired) electrons. The fraction of sp³-hybridized carbons (Fsp3) is 0.526. The average Bonchev–Trinajstić information content (AvgIpc) is 2.99. The Labute approximate surface area is 127 Å². The summed E-state index contributed by atoms with van der Waals surface area (Å²) in [5.74, 6) is 0.623. The lowest BCUT2D eigenvalue weighted by atomic mass is 9.89. The van der Waals surface area contributed by atoms with E-state index in [0.717, 1.165) is 12.8 Å². The molecule has 0 aromatic heterocycles. The summed E-state index contributed by atoms with van der Waals surface area (Å²) in [6.07, 6.45) is 12.3. The second-order valence-electron chi connectivity index (χ2n) is 6.49. The number of hydrogen-bond donors (Lipinski definition) is 1. The molecular formula is C19H25NO. The molecule has 0 aliphatic heterocycles. The van der Waals surface area contributed by atoms with Crippen molar-refractivity contribution in [3.05, 3.63) is 47.0 Å². The smallest absolute Gasteiger partial charge is 0.221 e. The SMILES string of the molecule is CC(NC(=O)CC1C=CCC1)c1ccc2c(c1)CCCC2. The topological polar surface area (TPSA) is 29.1 Å². The van der Waals surface area contributed by atoms with Crippen LogP contribution in [0.4, 0.5) is 0 Å². The summed E-state index contributed by atoms with van der Waals surface area (Å²) in [7, 11) is 0. The van der Waals surface area contributed by atoms with E-state index >= 15 is 0 Å². The van der Waals surface area contributed by atoms with Crippen LogP contribution in [0.5, 0.6) is 0 Å². The normalized spacial score (nSPS) is 21.9. The number of aryl methyl sites for hydroxylation is 2. The zero-order chi connectivity index (χ0) is 14.7. The van der Waals surface area contributed by atoms with Crippen LogP contribution in [0.2, 0.25) is 0 Å².